The topological polar surface area (TPSA) is 40.6 Å². The predicted molar refractivity (Wildman–Crippen MR) is 126 cm³/mol. The molecular formula is C27H36N2O2. The highest BCUT2D eigenvalue weighted by atomic mass is 16.2. The van der Waals surface area contributed by atoms with Crippen molar-refractivity contribution in [3.8, 4) is 0 Å². The van der Waals surface area contributed by atoms with Crippen LogP contribution in [0.5, 0.6) is 0 Å². The van der Waals surface area contributed by atoms with E-state index in [1.807, 2.05) is 6.07 Å². The molecule has 166 valence electrons. The summed E-state index contributed by atoms with van der Waals surface area (Å²) < 4.78 is 0. The van der Waals surface area contributed by atoms with E-state index in [1.54, 1.807) is 19.0 Å². The molecule has 3 rings (SSSR count). The lowest BCUT2D eigenvalue weighted by molar-refractivity contribution is -0.132. The first-order chi connectivity index (χ1) is 15.0. The summed E-state index contributed by atoms with van der Waals surface area (Å²) in [4.78, 5) is 28.0. The number of hydrogen-bond donors (Lipinski definition) is 0. The molecule has 0 spiro atoms. The Kier molecular flexibility index (Phi) is 8.69. The summed E-state index contributed by atoms with van der Waals surface area (Å²) in [5.74, 6) is 1.13. The number of benzene rings is 2. The monoisotopic (exact) mass is 420 g/mol. The minimum Gasteiger partial charge on any atom is -0.349 e. The van der Waals surface area contributed by atoms with Crippen LogP contribution < -0.4 is 0 Å². The minimum atomic E-state index is 0.172. The van der Waals surface area contributed by atoms with E-state index in [4.69, 9.17) is 0 Å². The van der Waals surface area contributed by atoms with E-state index in [1.165, 1.54) is 16.7 Å². The third-order valence-electron chi connectivity index (χ3n) is 6.34. The Balaban J connectivity index is 1.35. The van der Waals surface area contributed by atoms with Crippen molar-refractivity contribution in [2.24, 2.45) is 5.92 Å². The van der Waals surface area contributed by atoms with Crippen LogP contribution in [0.2, 0.25) is 0 Å². The molecule has 0 atom stereocenters. The molecule has 4 heteroatoms. The Morgan fingerprint density at radius 1 is 0.839 bits per heavy atom. The van der Waals surface area contributed by atoms with E-state index in [2.05, 4.69) is 53.4 Å². The lowest BCUT2D eigenvalue weighted by Gasteiger charge is -2.32. The minimum absolute atomic E-state index is 0.172. The van der Waals surface area contributed by atoms with Crippen LogP contribution in [0.1, 0.15) is 48.8 Å². The van der Waals surface area contributed by atoms with Gasteiger partial charge in [0.15, 0.2) is 0 Å². The summed E-state index contributed by atoms with van der Waals surface area (Å²) in [6, 6.07) is 19.1. The van der Waals surface area contributed by atoms with Crippen molar-refractivity contribution < 1.29 is 9.59 Å². The SMILES string of the molecule is CN(C)C(=O)CCc1ccc(CC2CCN(C(=O)CCCc3ccccc3)CC2)cc1. The number of carbonyl (C=O) groups excluding carboxylic acids is 2. The van der Waals surface area contributed by atoms with Crippen LogP contribution in [0.25, 0.3) is 0 Å². The van der Waals surface area contributed by atoms with Gasteiger partial charge in [-0.15, -0.1) is 0 Å². The zero-order chi connectivity index (χ0) is 22.1. The van der Waals surface area contributed by atoms with E-state index in [0.717, 1.165) is 51.6 Å². The Hall–Kier alpha value is -2.62. The Morgan fingerprint density at radius 2 is 1.45 bits per heavy atom. The number of piperidine rings is 1. The van der Waals surface area contributed by atoms with Gasteiger partial charge < -0.3 is 9.80 Å². The number of nitrogens with zero attached hydrogens (tertiary/aromatic N) is 2. The molecule has 0 saturated carbocycles. The van der Waals surface area contributed by atoms with Gasteiger partial charge in [0.25, 0.3) is 0 Å². The maximum atomic E-state index is 12.5. The molecule has 2 aromatic rings. The van der Waals surface area contributed by atoms with E-state index < -0.39 is 0 Å². The van der Waals surface area contributed by atoms with Crippen LogP contribution in [-0.2, 0) is 28.9 Å². The van der Waals surface area contributed by atoms with E-state index in [-0.39, 0.29) is 5.91 Å². The van der Waals surface area contributed by atoms with Gasteiger partial charge in [-0.25, -0.2) is 0 Å². The predicted octanol–water partition coefficient (Wildman–Crippen LogP) is 4.51. The molecule has 0 bridgehead atoms. The van der Waals surface area contributed by atoms with Gasteiger partial charge in [0.05, 0.1) is 0 Å². The highest BCUT2D eigenvalue weighted by Crippen LogP contribution is 2.23. The lowest BCUT2D eigenvalue weighted by atomic mass is 9.89. The van der Waals surface area contributed by atoms with Gasteiger partial charge in [0.2, 0.25) is 11.8 Å². The van der Waals surface area contributed by atoms with Gasteiger partial charge in [0, 0.05) is 40.0 Å². The van der Waals surface area contributed by atoms with Crippen molar-refractivity contribution in [3.63, 3.8) is 0 Å². The lowest BCUT2D eigenvalue weighted by Crippen LogP contribution is -2.38. The molecule has 0 radical (unpaired) electrons. The number of rotatable bonds is 9. The van der Waals surface area contributed by atoms with Crippen LogP contribution in [0, 0.1) is 5.92 Å². The zero-order valence-corrected chi connectivity index (χ0v) is 19.1. The van der Waals surface area contributed by atoms with E-state index >= 15 is 0 Å². The molecule has 1 aliphatic heterocycles. The van der Waals surface area contributed by atoms with Crippen molar-refractivity contribution >= 4 is 11.8 Å². The summed E-state index contributed by atoms with van der Waals surface area (Å²) in [5.41, 5.74) is 3.88. The van der Waals surface area contributed by atoms with Crippen LogP contribution in [0.3, 0.4) is 0 Å². The molecule has 0 unspecified atom stereocenters. The fraction of sp³-hybridized carbons (Fsp3) is 0.481. The molecule has 2 amide bonds. The summed E-state index contributed by atoms with van der Waals surface area (Å²) in [6.45, 7) is 1.78. The summed E-state index contributed by atoms with van der Waals surface area (Å²) in [6.07, 6.45) is 7.15. The second-order valence-electron chi connectivity index (χ2n) is 8.97. The second-order valence-corrected chi connectivity index (χ2v) is 8.97. The fourth-order valence-electron chi connectivity index (χ4n) is 4.28. The smallest absolute Gasteiger partial charge is 0.222 e. The average molecular weight is 421 g/mol. The van der Waals surface area contributed by atoms with Crippen LogP contribution >= 0.6 is 0 Å². The number of amides is 2. The first-order valence-corrected chi connectivity index (χ1v) is 11.6. The quantitative estimate of drug-likeness (QED) is 0.599. The third kappa shape index (κ3) is 7.54. The third-order valence-corrected chi connectivity index (χ3v) is 6.34. The van der Waals surface area contributed by atoms with Gasteiger partial charge in [-0.3, -0.25) is 9.59 Å². The largest absolute Gasteiger partial charge is 0.349 e. The highest BCUT2D eigenvalue weighted by molar-refractivity contribution is 5.76. The molecule has 1 heterocycles. The Labute approximate surface area is 187 Å². The maximum absolute atomic E-state index is 12.5. The molecule has 0 N–H and O–H groups in total. The molecule has 0 aromatic heterocycles. The fourth-order valence-corrected chi connectivity index (χ4v) is 4.28. The van der Waals surface area contributed by atoms with Gasteiger partial charge in [-0.05, 0) is 61.1 Å². The molecule has 31 heavy (non-hydrogen) atoms. The highest BCUT2D eigenvalue weighted by Gasteiger charge is 2.22. The summed E-state index contributed by atoms with van der Waals surface area (Å²) >= 11 is 0. The maximum Gasteiger partial charge on any atom is 0.222 e. The number of likely N-dealkylation sites (tertiary alicyclic amines) is 1. The van der Waals surface area contributed by atoms with Gasteiger partial charge >= 0.3 is 0 Å². The number of aryl methyl sites for hydroxylation is 2. The Morgan fingerprint density at radius 3 is 2.10 bits per heavy atom. The van der Waals surface area contributed by atoms with Crippen LogP contribution in [-0.4, -0.2) is 48.8 Å². The second kappa shape index (κ2) is 11.7. The molecule has 1 saturated heterocycles. The van der Waals surface area contributed by atoms with Crippen molar-refractivity contribution in [1.82, 2.24) is 9.80 Å². The molecule has 0 aliphatic carbocycles. The van der Waals surface area contributed by atoms with Crippen molar-refractivity contribution in [1.29, 1.82) is 0 Å². The molecular weight excluding hydrogens is 384 g/mol. The van der Waals surface area contributed by atoms with Crippen molar-refractivity contribution in [2.45, 2.75) is 51.4 Å². The van der Waals surface area contributed by atoms with Gasteiger partial charge in [-0.2, -0.15) is 0 Å². The van der Waals surface area contributed by atoms with Crippen LogP contribution in [0.4, 0.5) is 0 Å². The van der Waals surface area contributed by atoms with E-state index in [9.17, 15) is 9.59 Å². The zero-order valence-electron chi connectivity index (χ0n) is 19.1. The average Bonchev–Trinajstić information content (AvgIpc) is 2.79. The number of carbonyl (C=O) groups is 2. The standard InChI is InChI=1S/C27H36N2O2/c1-28(2)26(30)16-15-23-11-13-24(14-12-23)21-25-17-19-29(20-18-25)27(31)10-6-9-22-7-4-3-5-8-22/h3-5,7-8,11-14,25H,6,9-10,15-21H2,1-2H3. The van der Waals surface area contributed by atoms with Crippen molar-refractivity contribution in [2.75, 3.05) is 27.2 Å². The Bertz CT molecular complexity index is 822. The molecule has 1 fully saturated rings. The van der Waals surface area contributed by atoms with E-state index in [0.29, 0.717) is 24.7 Å². The van der Waals surface area contributed by atoms with Gasteiger partial charge in [0.1, 0.15) is 0 Å². The first-order valence-electron chi connectivity index (χ1n) is 11.6. The summed E-state index contributed by atoms with van der Waals surface area (Å²) in [5, 5.41) is 0. The van der Waals surface area contributed by atoms with Crippen molar-refractivity contribution in [3.05, 3.63) is 71.3 Å². The normalized spacial score (nSPS) is 14.5. The summed E-state index contributed by atoms with van der Waals surface area (Å²) in [7, 11) is 3.60. The molecule has 1 aliphatic rings. The first kappa shape index (κ1) is 23.1. The van der Waals surface area contributed by atoms with Crippen LogP contribution in [0.15, 0.2) is 54.6 Å². The number of hydrogen-bond acceptors (Lipinski definition) is 2. The molecule has 2 aromatic carbocycles. The molecule has 4 nitrogen and oxygen atoms in total. The van der Waals surface area contributed by atoms with Gasteiger partial charge in [-0.1, -0.05) is 54.6 Å².